The zero-order valence-corrected chi connectivity index (χ0v) is 4.93. The first-order chi connectivity index (χ1) is 4.20. The molecule has 0 saturated carbocycles. The largest absolute Gasteiger partial charge is 0.298 e. The van der Waals surface area contributed by atoms with Gasteiger partial charge in [0, 0.05) is 5.57 Å². The minimum absolute atomic E-state index is 0.197. The number of halogens is 1. The Morgan fingerprint density at radius 1 is 1.56 bits per heavy atom. The van der Waals surface area contributed by atoms with Gasteiger partial charge in [0.1, 0.15) is 12.1 Å². The summed E-state index contributed by atoms with van der Waals surface area (Å²) in [6.07, 6.45) is 2.79. The lowest BCUT2D eigenvalue weighted by Gasteiger charge is -1.83. The van der Waals surface area contributed by atoms with Crippen molar-refractivity contribution < 1.29 is 9.18 Å². The monoisotopic (exact) mass is 126 g/mol. The third kappa shape index (κ3) is 3.41. The van der Waals surface area contributed by atoms with E-state index in [0.29, 0.717) is 6.29 Å². The maximum Gasteiger partial charge on any atom is 0.150 e. The molecule has 0 bridgehead atoms. The highest BCUT2D eigenvalue weighted by atomic mass is 19.1. The summed E-state index contributed by atoms with van der Waals surface area (Å²) in [5.74, 6) is -0.642. The summed E-state index contributed by atoms with van der Waals surface area (Å²) >= 11 is 0. The van der Waals surface area contributed by atoms with E-state index in [1.807, 2.05) is 0 Å². The minimum atomic E-state index is -0.642. The van der Waals surface area contributed by atoms with Gasteiger partial charge in [0.05, 0.1) is 0 Å². The highest BCUT2D eigenvalue weighted by Crippen LogP contribution is 1.98. The van der Waals surface area contributed by atoms with Gasteiger partial charge in [-0.25, -0.2) is 4.39 Å². The molecule has 0 aromatic carbocycles. The molecule has 48 valence electrons. The van der Waals surface area contributed by atoms with E-state index in [2.05, 4.69) is 13.2 Å². The van der Waals surface area contributed by atoms with Gasteiger partial charge in [-0.1, -0.05) is 19.2 Å². The number of hydrogen-bond acceptors (Lipinski definition) is 1. The molecule has 0 amide bonds. The molecule has 0 aromatic rings. The van der Waals surface area contributed by atoms with E-state index in [9.17, 15) is 9.18 Å². The van der Waals surface area contributed by atoms with Crippen molar-refractivity contribution in [2.24, 2.45) is 0 Å². The van der Waals surface area contributed by atoms with E-state index < -0.39 is 5.83 Å². The van der Waals surface area contributed by atoms with E-state index in [1.165, 1.54) is 6.08 Å². The van der Waals surface area contributed by atoms with Gasteiger partial charge in [0.15, 0.2) is 0 Å². The van der Waals surface area contributed by atoms with Crippen LogP contribution in [0, 0.1) is 0 Å². The van der Waals surface area contributed by atoms with Crippen molar-refractivity contribution in [3.05, 3.63) is 36.7 Å². The van der Waals surface area contributed by atoms with Crippen LogP contribution in [0.1, 0.15) is 0 Å². The van der Waals surface area contributed by atoms with Gasteiger partial charge in [-0.05, 0) is 6.08 Å². The van der Waals surface area contributed by atoms with E-state index >= 15 is 0 Å². The van der Waals surface area contributed by atoms with Crippen LogP contribution in [0.2, 0.25) is 0 Å². The molecule has 0 heterocycles. The predicted octanol–water partition coefficient (Wildman–Crippen LogP) is 1.78. The average Bonchev–Trinajstić information content (AvgIpc) is 1.82. The molecular weight excluding hydrogens is 119 g/mol. The highest BCUT2D eigenvalue weighted by Gasteiger charge is 1.87. The third-order valence-electron chi connectivity index (χ3n) is 0.695. The van der Waals surface area contributed by atoms with E-state index in [0.717, 1.165) is 6.08 Å². The Balaban J connectivity index is 4.24. The molecule has 0 spiro atoms. The first-order valence-electron chi connectivity index (χ1n) is 2.34. The van der Waals surface area contributed by atoms with Crippen LogP contribution >= 0.6 is 0 Å². The Hall–Kier alpha value is -1.18. The predicted molar refractivity (Wildman–Crippen MR) is 34.6 cm³/mol. The fourth-order valence-corrected chi connectivity index (χ4v) is 0.322. The summed E-state index contributed by atoms with van der Waals surface area (Å²) < 4.78 is 11.8. The van der Waals surface area contributed by atoms with Gasteiger partial charge in [-0.15, -0.1) is 0 Å². The van der Waals surface area contributed by atoms with Crippen LogP contribution in [0.4, 0.5) is 4.39 Å². The fraction of sp³-hybridized carbons (Fsp3) is 0. The summed E-state index contributed by atoms with van der Waals surface area (Å²) in [6.45, 7) is 6.22. The fourth-order valence-electron chi connectivity index (χ4n) is 0.322. The second-order valence-electron chi connectivity index (χ2n) is 1.41. The average molecular weight is 126 g/mol. The lowest BCUT2D eigenvalue weighted by atomic mass is 10.3. The lowest BCUT2D eigenvalue weighted by Crippen LogP contribution is -1.76. The molecule has 0 atom stereocenters. The lowest BCUT2D eigenvalue weighted by molar-refractivity contribution is -0.104. The molecular formula is C7H7FO. The van der Waals surface area contributed by atoms with Gasteiger partial charge in [-0.2, -0.15) is 0 Å². The molecule has 0 unspecified atom stereocenters. The van der Waals surface area contributed by atoms with Crippen LogP contribution in [0.5, 0.6) is 0 Å². The quantitative estimate of drug-likeness (QED) is 0.320. The maximum absolute atomic E-state index is 11.8. The standard InChI is InChI=1S/C7H7FO/c1-3-7(5-9)4-6(2)8/h3-5H,1-2H2/b7-4+. The molecule has 0 fully saturated rings. The van der Waals surface area contributed by atoms with Crippen molar-refractivity contribution in [3.8, 4) is 0 Å². The van der Waals surface area contributed by atoms with E-state index in [-0.39, 0.29) is 5.57 Å². The molecule has 9 heavy (non-hydrogen) atoms. The Kier molecular flexibility index (Phi) is 3.28. The molecule has 2 heteroatoms. The van der Waals surface area contributed by atoms with Gasteiger partial charge in [0.2, 0.25) is 0 Å². The number of aldehydes is 1. The zero-order valence-electron chi connectivity index (χ0n) is 4.93. The molecule has 0 N–H and O–H groups in total. The Morgan fingerprint density at radius 3 is 2.22 bits per heavy atom. The Morgan fingerprint density at radius 2 is 2.11 bits per heavy atom. The molecule has 1 nitrogen and oxygen atoms in total. The maximum atomic E-state index is 11.8. The van der Waals surface area contributed by atoms with Crippen molar-refractivity contribution in [2.75, 3.05) is 0 Å². The topological polar surface area (TPSA) is 17.1 Å². The third-order valence-corrected chi connectivity index (χ3v) is 0.695. The number of allylic oxidation sites excluding steroid dienone is 4. The molecule has 0 aliphatic rings. The van der Waals surface area contributed by atoms with Crippen LogP contribution in [0.15, 0.2) is 36.7 Å². The Labute approximate surface area is 53.2 Å². The van der Waals surface area contributed by atoms with Gasteiger partial charge >= 0.3 is 0 Å². The van der Waals surface area contributed by atoms with Crippen LogP contribution in [-0.2, 0) is 4.79 Å². The van der Waals surface area contributed by atoms with Crippen LogP contribution in [0.25, 0.3) is 0 Å². The van der Waals surface area contributed by atoms with E-state index in [1.54, 1.807) is 0 Å². The number of carbonyl (C=O) groups excluding carboxylic acids is 1. The Bertz CT molecular complexity index is 158. The smallest absolute Gasteiger partial charge is 0.150 e. The molecule has 0 aliphatic carbocycles. The van der Waals surface area contributed by atoms with Gasteiger partial charge in [0.25, 0.3) is 0 Å². The number of carbonyl (C=O) groups is 1. The van der Waals surface area contributed by atoms with Gasteiger partial charge in [-0.3, -0.25) is 4.79 Å². The van der Waals surface area contributed by atoms with Crippen molar-refractivity contribution >= 4 is 6.29 Å². The van der Waals surface area contributed by atoms with Crippen molar-refractivity contribution in [1.29, 1.82) is 0 Å². The molecule has 0 radical (unpaired) electrons. The summed E-state index contributed by atoms with van der Waals surface area (Å²) in [6, 6.07) is 0. The summed E-state index contributed by atoms with van der Waals surface area (Å²) in [5.41, 5.74) is 0.197. The molecule has 0 aliphatic heterocycles. The summed E-state index contributed by atoms with van der Waals surface area (Å²) in [5, 5.41) is 0. The van der Waals surface area contributed by atoms with Crippen LogP contribution < -0.4 is 0 Å². The second-order valence-corrected chi connectivity index (χ2v) is 1.41. The van der Waals surface area contributed by atoms with Crippen molar-refractivity contribution in [2.45, 2.75) is 0 Å². The van der Waals surface area contributed by atoms with Crippen LogP contribution in [0.3, 0.4) is 0 Å². The molecule has 0 saturated heterocycles. The normalized spacial score (nSPS) is 10.6. The first kappa shape index (κ1) is 7.82. The van der Waals surface area contributed by atoms with E-state index in [4.69, 9.17) is 0 Å². The van der Waals surface area contributed by atoms with Crippen molar-refractivity contribution in [3.63, 3.8) is 0 Å². The van der Waals surface area contributed by atoms with Crippen LogP contribution in [-0.4, -0.2) is 6.29 Å². The first-order valence-corrected chi connectivity index (χ1v) is 2.34. The van der Waals surface area contributed by atoms with Gasteiger partial charge < -0.3 is 0 Å². The number of rotatable bonds is 3. The summed E-state index contributed by atoms with van der Waals surface area (Å²) in [4.78, 5) is 9.92. The molecule has 0 aromatic heterocycles. The SMILES string of the molecule is C=C/C(C=O)=C\C(=C)F. The second kappa shape index (κ2) is 3.78. The highest BCUT2D eigenvalue weighted by molar-refractivity contribution is 5.77. The molecule has 0 rings (SSSR count). The minimum Gasteiger partial charge on any atom is -0.298 e. The number of hydrogen-bond donors (Lipinski definition) is 0. The summed E-state index contributed by atoms with van der Waals surface area (Å²) in [7, 11) is 0. The zero-order chi connectivity index (χ0) is 7.28. The van der Waals surface area contributed by atoms with Crippen molar-refractivity contribution in [1.82, 2.24) is 0 Å².